The van der Waals surface area contributed by atoms with Crippen LogP contribution >= 0.6 is 15.9 Å². The molecule has 1 N–H and O–H groups in total. The molecule has 9 heteroatoms. The van der Waals surface area contributed by atoms with Crippen molar-refractivity contribution in [3.8, 4) is 0 Å². The Balaban J connectivity index is 1.98. The zero-order valence-electron chi connectivity index (χ0n) is 20.9. The predicted octanol–water partition coefficient (Wildman–Crippen LogP) is 4.70. The van der Waals surface area contributed by atoms with Gasteiger partial charge in [-0.3, -0.25) is 13.9 Å². The molecule has 0 saturated heterocycles. The minimum absolute atomic E-state index is 0.0483. The van der Waals surface area contributed by atoms with Gasteiger partial charge in [0.1, 0.15) is 12.6 Å². The van der Waals surface area contributed by atoms with E-state index in [0.29, 0.717) is 5.69 Å². The molecule has 3 aromatic carbocycles. The Morgan fingerprint density at radius 2 is 1.61 bits per heavy atom. The van der Waals surface area contributed by atoms with Gasteiger partial charge in [0.25, 0.3) is 0 Å². The molecular weight excluding hydrogens is 542 g/mol. The molecule has 3 aromatic rings. The number of halogens is 1. The largest absolute Gasteiger partial charge is 0.352 e. The van der Waals surface area contributed by atoms with Crippen molar-refractivity contribution in [3.63, 3.8) is 0 Å². The van der Waals surface area contributed by atoms with Crippen LogP contribution in [0.5, 0.6) is 0 Å². The van der Waals surface area contributed by atoms with Crippen LogP contribution < -0.4 is 9.62 Å². The van der Waals surface area contributed by atoms with E-state index >= 15 is 0 Å². The van der Waals surface area contributed by atoms with Crippen LogP contribution in [0.15, 0.2) is 71.2 Å². The van der Waals surface area contributed by atoms with Gasteiger partial charge in [-0.15, -0.1) is 0 Å². The number of anilines is 1. The number of fused-ring (bicyclic) bond motifs is 1. The van der Waals surface area contributed by atoms with Crippen molar-refractivity contribution < 1.29 is 18.0 Å². The Labute approximate surface area is 221 Å². The second-order valence-electron chi connectivity index (χ2n) is 8.91. The fourth-order valence-corrected chi connectivity index (χ4v) is 4.98. The van der Waals surface area contributed by atoms with Crippen molar-refractivity contribution in [1.82, 2.24) is 10.2 Å². The average molecular weight is 575 g/mol. The second-order valence-corrected chi connectivity index (χ2v) is 11.7. The molecule has 192 valence electrons. The summed E-state index contributed by atoms with van der Waals surface area (Å²) in [7, 11) is -3.81. The average Bonchev–Trinajstić information content (AvgIpc) is 2.85. The summed E-state index contributed by atoms with van der Waals surface area (Å²) in [6, 6.07) is 19.4. The SMILES string of the molecule is CC[C@@H](C)NC(=O)[C@@H](C)N(Cc1ccc(Br)cc1)C(=O)CN(c1cccc2ccccc12)S(C)(=O)=O. The molecule has 0 aliphatic rings. The van der Waals surface area contributed by atoms with Crippen LogP contribution in [0.3, 0.4) is 0 Å². The van der Waals surface area contributed by atoms with Crippen molar-refractivity contribution in [1.29, 1.82) is 0 Å². The third kappa shape index (κ3) is 6.85. The number of rotatable bonds is 10. The van der Waals surface area contributed by atoms with Crippen LogP contribution in [0, 0.1) is 0 Å². The molecule has 0 unspecified atom stereocenters. The Bertz CT molecular complexity index is 1320. The lowest BCUT2D eigenvalue weighted by Crippen LogP contribution is -2.52. The molecule has 0 spiro atoms. The summed E-state index contributed by atoms with van der Waals surface area (Å²) in [6.45, 7) is 5.27. The first-order valence-corrected chi connectivity index (χ1v) is 14.4. The third-order valence-electron chi connectivity index (χ3n) is 6.15. The highest BCUT2D eigenvalue weighted by molar-refractivity contribution is 9.10. The number of hydrogen-bond donors (Lipinski definition) is 1. The van der Waals surface area contributed by atoms with Gasteiger partial charge in [-0.25, -0.2) is 8.42 Å². The van der Waals surface area contributed by atoms with Gasteiger partial charge in [0, 0.05) is 22.4 Å². The lowest BCUT2D eigenvalue weighted by atomic mass is 10.1. The lowest BCUT2D eigenvalue weighted by molar-refractivity contribution is -0.139. The Kier molecular flexibility index (Phi) is 9.13. The second kappa shape index (κ2) is 11.9. The van der Waals surface area contributed by atoms with Crippen LogP contribution in [0.2, 0.25) is 0 Å². The maximum absolute atomic E-state index is 13.7. The standard InChI is InChI=1S/C27H32BrN3O4S/c1-5-19(2)29-27(33)20(3)30(17-21-13-15-23(28)16-14-21)26(32)18-31(36(4,34)35)25-12-8-10-22-9-6-7-11-24(22)25/h6-16,19-20H,5,17-18H2,1-4H3,(H,29,33)/t19-,20-/m1/s1. The smallest absolute Gasteiger partial charge is 0.244 e. The van der Waals surface area contributed by atoms with Gasteiger partial charge in [0.2, 0.25) is 21.8 Å². The molecule has 0 saturated carbocycles. The van der Waals surface area contributed by atoms with Gasteiger partial charge in [-0.05, 0) is 49.4 Å². The number of benzene rings is 3. The highest BCUT2D eigenvalue weighted by Gasteiger charge is 2.31. The van der Waals surface area contributed by atoms with Crippen molar-refractivity contribution in [2.75, 3.05) is 17.1 Å². The molecular formula is C27H32BrN3O4S. The summed E-state index contributed by atoms with van der Waals surface area (Å²) in [4.78, 5) is 28.1. The van der Waals surface area contributed by atoms with Gasteiger partial charge >= 0.3 is 0 Å². The molecule has 0 radical (unpaired) electrons. The van der Waals surface area contributed by atoms with E-state index in [9.17, 15) is 18.0 Å². The number of sulfonamides is 1. The zero-order chi connectivity index (χ0) is 26.5. The minimum Gasteiger partial charge on any atom is -0.352 e. The first kappa shape index (κ1) is 27.7. The van der Waals surface area contributed by atoms with E-state index in [0.717, 1.165) is 37.8 Å². The third-order valence-corrected chi connectivity index (χ3v) is 7.80. The molecule has 0 aromatic heterocycles. The first-order valence-electron chi connectivity index (χ1n) is 11.8. The van der Waals surface area contributed by atoms with Crippen LogP contribution in [0.25, 0.3) is 10.8 Å². The van der Waals surface area contributed by atoms with Crippen LogP contribution in [0.1, 0.15) is 32.8 Å². The normalized spacial score (nSPS) is 13.1. The Morgan fingerprint density at radius 3 is 2.25 bits per heavy atom. The maximum Gasteiger partial charge on any atom is 0.244 e. The number of amides is 2. The quantitative estimate of drug-likeness (QED) is 0.381. The summed E-state index contributed by atoms with van der Waals surface area (Å²) in [5.41, 5.74) is 1.25. The van der Waals surface area contributed by atoms with Gasteiger partial charge in [0.15, 0.2) is 0 Å². The van der Waals surface area contributed by atoms with E-state index in [-0.39, 0.29) is 18.5 Å². The summed E-state index contributed by atoms with van der Waals surface area (Å²) >= 11 is 3.41. The van der Waals surface area contributed by atoms with Gasteiger partial charge in [0.05, 0.1) is 11.9 Å². The molecule has 0 heterocycles. The van der Waals surface area contributed by atoms with E-state index in [1.807, 2.05) is 68.4 Å². The highest BCUT2D eigenvalue weighted by Crippen LogP contribution is 2.28. The molecule has 0 fully saturated rings. The van der Waals surface area contributed by atoms with Crippen LogP contribution in [-0.4, -0.2) is 50.0 Å². The summed E-state index contributed by atoms with van der Waals surface area (Å²) < 4.78 is 27.8. The van der Waals surface area contributed by atoms with Crippen LogP contribution in [-0.2, 0) is 26.2 Å². The number of nitrogens with zero attached hydrogens (tertiary/aromatic N) is 2. The van der Waals surface area contributed by atoms with Gasteiger partial charge in [-0.1, -0.05) is 71.4 Å². The Morgan fingerprint density at radius 1 is 0.972 bits per heavy atom. The van der Waals surface area contributed by atoms with E-state index in [1.54, 1.807) is 19.1 Å². The van der Waals surface area contributed by atoms with E-state index in [2.05, 4.69) is 21.2 Å². The molecule has 0 aliphatic heterocycles. The maximum atomic E-state index is 13.7. The monoisotopic (exact) mass is 573 g/mol. The highest BCUT2D eigenvalue weighted by atomic mass is 79.9. The summed E-state index contributed by atoms with van der Waals surface area (Å²) in [6.07, 6.45) is 1.84. The number of nitrogens with one attached hydrogen (secondary N) is 1. The van der Waals surface area contributed by atoms with Crippen molar-refractivity contribution in [3.05, 3.63) is 76.8 Å². The molecule has 2 amide bonds. The molecule has 0 bridgehead atoms. The fraction of sp³-hybridized carbons (Fsp3) is 0.333. The minimum atomic E-state index is -3.81. The Hall–Kier alpha value is -2.91. The number of carbonyl (C=O) groups excluding carboxylic acids is 2. The summed E-state index contributed by atoms with van der Waals surface area (Å²) in [5.74, 6) is -0.756. The van der Waals surface area contributed by atoms with Crippen molar-refractivity contribution in [2.45, 2.75) is 45.8 Å². The van der Waals surface area contributed by atoms with E-state index in [1.165, 1.54) is 4.90 Å². The van der Waals surface area contributed by atoms with Gasteiger partial charge in [-0.2, -0.15) is 0 Å². The van der Waals surface area contributed by atoms with Gasteiger partial charge < -0.3 is 10.2 Å². The van der Waals surface area contributed by atoms with E-state index in [4.69, 9.17) is 0 Å². The number of hydrogen-bond acceptors (Lipinski definition) is 4. The molecule has 36 heavy (non-hydrogen) atoms. The van der Waals surface area contributed by atoms with Crippen molar-refractivity contribution in [2.24, 2.45) is 0 Å². The molecule has 7 nitrogen and oxygen atoms in total. The number of carbonyl (C=O) groups is 2. The molecule has 3 rings (SSSR count). The fourth-order valence-electron chi connectivity index (χ4n) is 3.86. The zero-order valence-corrected chi connectivity index (χ0v) is 23.3. The van der Waals surface area contributed by atoms with Crippen LogP contribution in [0.4, 0.5) is 5.69 Å². The molecule has 2 atom stereocenters. The predicted molar refractivity (Wildman–Crippen MR) is 148 cm³/mol. The first-order chi connectivity index (χ1) is 17.0. The van der Waals surface area contributed by atoms with Crippen molar-refractivity contribution >= 4 is 54.2 Å². The molecule has 0 aliphatic carbocycles. The lowest BCUT2D eigenvalue weighted by Gasteiger charge is -2.32. The topological polar surface area (TPSA) is 86.8 Å². The summed E-state index contributed by atoms with van der Waals surface area (Å²) in [5, 5.41) is 4.51. The van der Waals surface area contributed by atoms with E-state index < -0.39 is 28.5 Å².